The number of likely N-dealkylation sites (tertiary alicyclic amines) is 1. The molecule has 3 unspecified atom stereocenters. The van der Waals surface area contributed by atoms with Crippen molar-refractivity contribution >= 4 is 11.9 Å². The summed E-state index contributed by atoms with van der Waals surface area (Å²) in [6.07, 6.45) is 4.61. The lowest BCUT2D eigenvalue weighted by Crippen LogP contribution is -2.64. The van der Waals surface area contributed by atoms with Gasteiger partial charge in [0, 0.05) is 13.1 Å². The normalized spacial score (nSPS) is 52.3. The van der Waals surface area contributed by atoms with Crippen LogP contribution in [-0.4, -0.2) is 41.1 Å². The largest absolute Gasteiger partial charge is 0.481 e. The maximum Gasteiger partial charge on any atom is 0.307 e. The van der Waals surface area contributed by atoms with Gasteiger partial charge >= 0.3 is 5.97 Å². The number of fused-ring (bicyclic) bond motifs is 5. The van der Waals surface area contributed by atoms with Crippen LogP contribution in [0.3, 0.4) is 0 Å². The Morgan fingerprint density at radius 3 is 2.48 bits per heavy atom. The summed E-state index contributed by atoms with van der Waals surface area (Å²) in [7, 11) is 1.76. The number of halogens is 1. The lowest BCUT2D eigenvalue weighted by atomic mass is 9.46. The number of alkyl halides is 1. The first kappa shape index (κ1) is 17.3. The average Bonchev–Trinajstić information content (AvgIpc) is 2.90. The number of carbonyl (C=O) groups excluding carboxylic acids is 1. The smallest absolute Gasteiger partial charge is 0.307 e. The van der Waals surface area contributed by atoms with E-state index in [1.165, 1.54) is 0 Å². The van der Waals surface area contributed by atoms with Crippen LogP contribution in [0.15, 0.2) is 0 Å². The molecule has 5 heteroatoms. The summed E-state index contributed by atoms with van der Waals surface area (Å²) < 4.78 is 14.4. The first-order chi connectivity index (χ1) is 11.7. The summed E-state index contributed by atoms with van der Waals surface area (Å²) >= 11 is 0. The summed E-state index contributed by atoms with van der Waals surface area (Å²) in [6.45, 7) is 4.37. The summed E-state index contributed by atoms with van der Waals surface area (Å²) in [6, 6.07) is 0.134. The molecule has 0 radical (unpaired) electrons. The molecule has 3 aliphatic carbocycles. The monoisotopic (exact) mass is 351 g/mol. The molecule has 0 aromatic heterocycles. The van der Waals surface area contributed by atoms with Crippen LogP contribution in [-0.2, 0) is 9.59 Å². The molecule has 1 heterocycles. The van der Waals surface area contributed by atoms with Crippen LogP contribution in [0, 0.1) is 34.5 Å². The molecule has 8 atom stereocenters. The van der Waals surface area contributed by atoms with Gasteiger partial charge in [-0.05, 0) is 73.5 Å². The Morgan fingerprint density at radius 2 is 1.80 bits per heavy atom. The highest BCUT2D eigenvalue weighted by atomic mass is 19.1. The lowest BCUT2D eigenvalue weighted by Gasteiger charge is -2.62. The van der Waals surface area contributed by atoms with Crippen molar-refractivity contribution in [1.82, 2.24) is 4.90 Å². The molecule has 1 N–H and O–H groups in total. The van der Waals surface area contributed by atoms with Gasteiger partial charge in [-0.15, -0.1) is 0 Å². The zero-order valence-electron chi connectivity index (χ0n) is 15.5. The molecule has 1 saturated heterocycles. The minimum atomic E-state index is -1.38. The molecule has 4 fully saturated rings. The van der Waals surface area contributed by atoms with Crippen molar-refractivity contribution in [3.05, 3.63) is 0 Å². The van der Waals surface area contributed by atoms with Crippen LogP contribution in [0.25, 0.3) is 0 Å². The summed E-state index contributed by atoms with van der Waals surface area (Å²) in [5, 5.41) is 9.66. The molecule has 4 aliphatic rings. The Kier molecular flexibility index (Phi) is 3.76. The van der Waals surface area contributed by atoms with E-state index in [0.717, 1.165) is 38.5 Å². The number of carboxylic acids is 1. The second kappa shape index (κ2) is 5.43. The molecular formula is C20H30FNO3. The first-order valence-corrected chi connectivity index (χ1v) is 9.83. The van der Waals surface area contributed by atoms with E-state index in [1.54, 1.807) is 11.9 Å². The molecule has 1 aliphatic heterocycles. The molecule has 3 saturated carbocycles. The summed E-state index contributed by atoms with van der Waals surface area (Å²) in [5.74, 6) is 0.104. The predicted octanol–water partition coefficient (Wildman–Crippen LogP) is 3.50. The number of piperidine rings is 1. The SMILES string of the molecule is CN1C(=O)[C@H](F)C[C@]2(C)C3CC[C@]4(C)C(C(=O)O)CC[C@H]4C3CC[C@@H]12. The number of amides is 1. The van der Waals surface area contributed by atoms with Crippen LogP contribution in [0.1, 0.15) is 58.8 Å². The molecular weight excluding hydrogens is 321 g/mol. The number of carboxylic acid groups (broad SMARTS) is 1. The van der Waals surface area contributed by atoms with Crippen LogP contribution < -0.4 is 0 Å². The van der Waals surface area contributed by atoms with E-state index in [9.17, 15) is 19.1 Å². The van der Waals surface area contributed by atoms with Crippen molar-refractivity contribution in [3.63, 3.8) is 0 Å². The molecule has 0 aromatic rings. The lowest BCUT2D eigenvalue weighted by molar-refractivity contribution is -0.171. The number of aliphatic carboxylic acids is 1. The zero-order chi connectivity index (χ0) is 18.1. The molecule has 4 rings (SSSR count). The second-order valence-electron chi connectivity index (χ2n) is 9.61. The number of rotatable bonds is 1. The van der Waals surface area contributed by atoms with E-state index in [1.807, 2.05) is 0 Å². The molecule has 140 valence electrons. The van der Waals surface area contributed by atoms with E-state index in [0.29, 0.717) is 24.2 Å². The van der Waals surface area contributed by atoms with Crippen molar-refractivity contribution in [1.29, 1.82) is 0 Å². The van der Waals surface area contributed by atoms with Crippen LogP contribution in [0.4, 0.5) is 4.39 Å². The van der Waals surface area contributed by atoms with E-state index in [4.69, 9.17) is 0 Å². The second-order valence-corrected chi connectivity index (χ2v) is 9.61. The summed E-state index contributed by atoms with van der Waals surface area (Å²) in [5.41, 5.74) is -0.282. The van der Waals surface area contributed by atoms with Gasteiger partial charge in [0.25, 0.3) is 5.91 Å². The van der Waals surface area contributed by atoms with Gasteiger partial charge in [-0.25, -0.2) is 4.39 Å². The highest BCUT2D eigenvalue weighted by Crippen LogP contribution is 2.66. The maximum absolute atomic E-state index is 14.4. The maximum atomic E-state index is 14.4. The highest BCUT2D eigenvalue weighted by molar-refractivity contribution is 5.82. The zero-order valence-corrected chi connectivity index (χ0v) is 15.5. The third-order valence-electron chi connectivity index (χ3n) is 8.82. The van der Waals surface area contributed by atoms with Crippen LogP contribution >= 0.6 is 0 Å². The first-order valence-electron chi connectivity index (χ1n) is 9.83. The predicted molar refractivity (Wildman–Crippen MR) is 91.6 cm³/mol. The Morgan fingerprint density at radius 1 is 1.12 bits per heavy atom. The Labute approximate surface area is 149 Å². The Hall–Kier alpha value is -1.13. The fourth-order valence-corrected chi connectivity index (χ4v) is 7.61. The van der Waals surface area contributed by atoms with Gasteiger partial charge in [0.15, 0.2) is 6.17 Å². The number of carbonyl (C=O) groups is 2. The van der Waals surface area contributed by atoms with Gasteiger partial charge in [0.1, 0.15) is 0 Å². The molecule has 4 nitrogen and oxygen atoms in total. The molecule has 0 aromatic carbocycles. The van der Waals surface area contributed by atoms with Gasteiger partial charge in [-0.2, -0.15) is 0 Å². The Balaban J connectivity index is 1.66. The van der Waals surface area contributed by atoms with E-state index in [2.05, 4.69) is 13.8 Å². The van der Waals surface area contributed by atoms with Gasteiger partial charge in [-0.1, -0.05) is 13.8 Å². The fourth-order valence-electron chi connectivity index (χ4n) is 7.61. The quantitative estimate of drug-likeness (QED) is 0.787. The topological polar surface area (TPSA) is 57.6 Å². The van der Waals surface area contributed by atoms with E-state index < -0.39 is 12.1 Å². The van der Waals surface area contributed by atoms with E-state index in [-0.39, 0.29) is 28.7 Å². The van der Waals surface area contributed by atoms with Gasteiger partial charge < -0.3 is 10.0 Å². The van der Waals surface area contributed by atoms with Crippen LogP contribution in [0.2, 0.25) is 0 Å². The van der Waals surface area contributed by atoms with E-state index >= 15 is 0 Å². The van der Waals surface area contributed by atoms with Crippen molar-refractivity contribution in [2.75, 3.05) is 7.05 Å². The number of hydrogen-bond donors (Lipinski definition) is 1. The van der Waals surface area contributed by atoms with Gasteiger partial charge in [0.2, 0.25) is 0 Å². The van der Waals surface area contributed by atoms with Crippen molar-refractivity contribution in [2.45, 2.75) is 71.0 Å². The highest BCUT2D eigenvalue weighted by Gasteiger charge is 2.63. The standard InChI is InChI=1S/C20H30FNO3/c1-19-9-8-13-11(12(19)5-6-14(19)18(24)25)4-7-16-20(13,2)10-15(21)17(23)22(16)3/h11-16H,4-10H2,1-3H3,(H,24,25)/t11?,12-,13?,14?,15+,16+,19-,20+/m0/s1. The fraction of sp³-hybridized carbons (Fsp3) is 0.900. The minimum absolute atomic E-state index is 0.109. The summed E-state index contributed by atoms with van der Waals surface area (Å²) in [4.78, 5) is 25.5. The average molecular weight is 351 g/mol. The van der Waals surface area contributed by atoms with Crippen molar-refractivity contribution < 1.29 is 19.1 Å². The molecule has 1 amide bonds. The third-order valence-corrected chi connectivity index (χ3v) is 8.82. The number of nitrogens with zero attached hydrogens (tertiary/aromatic N) is 1. The minimum Gasteiger partial charge on any atom is -0.481 e. The van der Waals surface area contributed by atoms with Crippen LogP contribution in [0.5, 0.6) is 0 Å². The van der Waals surface area contributed by atoms with Gasteiger partial charge in [0.05, 0.1) is 5.92 Å². The molecule has 0 bridgehead atoms. The van der Waals surface area contributed by atoms with Crippen molar-refractivity contribution in [3.8, 4) is 0 Å². The third kappa shape index (κ3) is 2.16. The van der Waals surface area contributed by atoms with Gasteiger partial charge in [-0.3, -0.25) is 9.59 Å². The van der Waals surface area contributed by atoms with Crippen molar-refractivity contribution in [2.24, 2.45) is 34.5 Å². The molecule has 0 spiro atoms. The molecule has 25 heavy (non-hydrogen) atoms. The Bertz CT molecular complexity index is 610. The number of hydrogen-bond acceptors (Lipinski definition) is 2.